The summed E-state index contributed by atoms with van der Waals surface area (Å²) in [5.41, 5.74) is 1.21. The van der Waals surface area contributed by atoms with Gasteiger partial charge in [0.05, 0.1) is 0 Å². The van der Waals surface area contributed by atoms with E-state index < -0.39 is 15.7 Å². The van der Waals surface area contributed by atoms with Gasteiger partial charge in [0.1, 0.15) is 16.2 Å². The quantitative estimate of drug-likeness (QED) is 0.545. The zero-order valence-corrected chi connectivity index (χ0v) is 13.4. The Kier molecular flexibility index (Phi) is 3.69. The predicted molar refractivity (Wildman–Crippen MR) is 86.2 cm³/mol. The van der Waals surface area contributed by atoms with Crippen LogP contribution in [0.3, 0.4) is 0 Å². The zero-order chi connectivity index (χ0) is 16.6. The normalized spacial score (nSPS) is 11.6. The van der Waals surface area contributed by atoms with Crippen LogP contribution in [0, 0.1) is 13.8 Å². The maximum absolute atomic E-state index is 12.3. The van der Waals surface area contributed by atoms with Crippen molar-refractivity contribution < 1.29 is 17.0 Å². The van der Waals surface area contributed by atoms with Gasteiger partial charge >= 0.3 is 15.7 Å². The number of rotatable bonds is 3. The van der Waals surface area contributed by atoms with E-state index in [4.69, 9.17) is 8.60 Å². The van der Waals surface area contributed by atoms with Crippen molar-refractivity contribution >= 4 is 21.1 Å². The minimum atomic E-state index is -3.92. The molecular weight excluding hydrogens is 316 g/mol. The third kappa shape index (κ3) is 2.98. The smallest absolute Gasteiger partial charge is 0.339 e. The highest BCUT2D eigenvalue weighted by atomic mass is 32.2. The fourth-order valence-corrected chi connectivity index (χ4v) is 3.29. The summed E-state index contributed by atoms with van der Waals surface area (Å²) in [6.07, 6.45) is 0. The number of aryl methyl sites for hydroxylation is 2. The fraction of sp³-hybridized carbons (Fsp3) is 0.118. The molecule has 1 heterocycles. The zero-order valence-electron chi connectivity index (χ0n) is 12.6. The molecule has 0 amide bonds. The number of fused-ring (bicyclic) bond motifs is 1. The molecule has 0 aliphatic carbocycles. The van der Waals surface area contributed by atoms with Crippen molar-refractivity contribution in [2.45, 2.75) is 18.7 Å². The van der Waals surface area contributed by atoms with E-state index in [2.05, 4.69) is 0 Å². The lowest BCUT2D eigenvalue weighted by Crippen LogP contribution is -2.10. The van der Waals surface area contributed by atoms with E-state index in [0.29, 0.717) is 22.1 Å². The number of hydrogen-bond acceptors (Lipinski definition) is 5. The molecule has 0 spiro atoms. The van der Waals surface area contributed by atoms with Crippen molar-refractivity contribution in [3.8, 4) is 5.75 Å². The molecule has 5 nitrogen and oxygen atoms in total. The monoisotopic (exact) mass is 330 g/mol. The molecule has 0 aliphatic rings. The van der Waals surface area contributed by atoms with Gasteiger partial charge in [-0.2, -0.15) is 8.42 Å². The lowest BCUT2D eigenvalue weighted by Gasteiger charge is -2.11. The molecule has 0 radical (unpaired) electrons. The van der Waals surface area contributed by atoms with Crippen LogP contribution < -0.4 is 9.81 Å². The summed E-state index contributed by atoms with van der Waals surface area (Å²) in [6, 6.07) is 12.4. The van der Waals surface area contributed by atoms with Gasteiger partial charge in [-0.3, -0.25) is 0 Å². The summed E-state index contributed by atoms with van der Waals surface area (Å²) in [7, 11) is -3.92. The van der Waals surface area contributed by atoms with E-state index in [1.807, 2.05) is 0 Å². The lowest BCUT2D eigenvalue weighted by atomic mass is 10.1. The molecule has 118 valence electrons. The van der Waals surface area contributed by atoms with Gasteiger partial charge < -0.3 is 8.60 Å². The van der Waals surface area contributed by atoms with Crippen molar-refractivity contribution in [1.82, 2.24) is 0 Å². The van der Waals surface area contributed by atoms with Gasteiger partial charge in [0.25, 0.3) is 0 Å². The van der Waals surface area contributed by atoms with Crippen molar-refractivity contribution in [2.24, 2.45) is 0 Å². The maximum atomic E-state index is 12.3. The van der Waals surface area contributed by atoms with Gasteiger partial charge in [0.2, 0.25) is 0 Å². The molecule has 6 heteroatoms. The van der Waals surface area contributed by atoms with E-state index in [1.165, 1.54) is 18.2 Å². The first-order valence-corrected chi connectivity index (χ1v) is 8.32. The number of hydrogen-bond donors (Lipinski definition) is 0. The first kappa shape index (κ1) is 15.3. The molecule has 1 aromatic heterocycles. The van der Waals surface area contributed by atoms with Crippen LogP contribution in [0.25, 0.3) is 11.0 Å². The van der Waals surface area contributed by atoms with Crippen molar-refractivity contribution in [1.29, 1.82) is 0 Å². The molecular formula is C17H14O5S. The minimum Gasteiger partial charge on any atom is -0.423 e. The molecule has 0 fully saturated rings. The van der Waals surface area contributed by atoms with Crippen LogP contribution in [0.5, 0.6) is 5.75 Å². The standard InChI is InChI=1S/C17H14O5S/c1-11-9-17(18)21-16-8-12(2)15(10-14(11)16)22-23(19,20)13-6-4-3-5-7-13/h3-10H,1-2H3. The van der Waals surface area contributed by atoms with Gasteiger partial charge in [0.15, 0.2) is 0 Å². The summed E-state index contributed by atoms with van der Waals surface area (Å²) in [6.45, 7) is 3.45. The van der Waals surface area contributed by atoms with Crippen LogP contribution in [0.1, 0.15) is 11.1 Å². The molecule has 3 aromatic rings. The SMILES string of the molecule is Cc1cc2oc(=O)cc(C)c2cc1OS(=O)(=O)c1ccccc1. The highest BCUT2D eigenvalue weighted by Crippen LogP contribution is 2.29. The molecule has 0 saturated carbocycles. The minimum absolute atomic E-state index is 0.0795. The molecule has 2 aromatic carbocycles. The Morgan fingerprint density at radius 3 is 2.35 bits per heavy atom. The van der Waals surface area contributed by atoms with Gasteiger partial charge in [-0.05, 0) is 49.2 Å². The third-order valence-electron chi connectivity index (χ3n) is 3.48. The third-order valence-corrected chi connectivity index (χ3v) is 4.73. The largest absolute Gasteiger partial charge is 0.423 e. The first-order chi connectivity index (χ1) is 10.9. The average molecular weight is 330 g/mol. The summed E-state index contributed by atoms with van der Waals surface area (Å²) in [5.74, 6) is 0.207. The van der Waals surface area contributed by atoms with Crippen LogP contribution >= 0.6 is 0 Å². The van der Waals surface area contributed by atoms with Crippen LogP contribution in [-0.4, -0.2) is 8.42 Å². The summed E-state index contributed by atoms with van der Waals surface area (Å²) < 4.78 is 35.1. The summed E-state index contributed by atoms with van der Waals surface area (Å²) >= 11 is 0. The second-order valence-corrected chi connectivity index (χ2v) is 6.76. The van der Waals surface area contributed by atoms with E-state index >= 15 is 0 Å². The maximum Gasteiger partial charge on any atom is 0.339 e. The Morgan fingerprint density at radius 2 is 1.65 bits per heavy atom. The van der Waals surface area contributed by atoms with E-state index in [0.717, 1.165) is 0 Å². The average Bonchev–Trinajstić information content (AvgIpc) is 2.49. The molecule has 0 bridgehead atoms. The van der Waals surface area contributed by atoms with E-state index in [9.17, 15) is 13.2 Å². The van der Waals surface area contributed by atoms with Crippen LogP contribution in [0.4, 0.5) is 0 Å². The van der Waals surface area contributed by atoms with Crippen LogP contribution in [-0.2, 0) is 10.1 Å². The molecule has 0 N–H and O–H groups in total. The van der Waals surface area contributed by atoms with E-state index in [-0.39, 0.29) is 10.6 Å². The Morgan fingerprint density at radius 1 is 0.957 bits per heavy atom. The summed E-state index contributed by atoms with van der Waals surface area (Å²) in [5, 5.41) is 0.633. The Bertz CT molecular complexity index is 1030. The molecule has 23 heavy (non-hydrogen) atoms. The van der Waals surface area contributed by atoms with Crippen molar-refractivity contribution in [2.75, 3.05) is 0 Å². The first-order valence-electron chi connectivity index (χ1n) is 6.91. The van der Waals surface area contributed by atoms with Crippen molar-refractivity contribution in [3.05, 3.63) is 70.1 Å². The molecule has 0 aliphatic heterocycles. The highest BCUT2D eigenvalue weighted by molar-refractivity contribution is 7.87. The Labute approximate surface area is 133 Å². The van der Waals surface area contributed by atoms with Crippen LogP contribution in [0.15, 0.2) is 62.6 Å². The second-order valence-electron chi connectivity index (χ2n) is 5.21. The molecule has 0 saturated heterocycles. The van der Waals surface area contributed by atoms with Gasteiger partial charge in [-0.15, -0.1) is 0 Å². The van der Waals surface area contributed by atoms with Crippen molar-refractivity contribution in [3.63, 3.8) is 0 Å². The second kappa shape index (κ2) is 5.55. The predicted octanol–water partition coefficient (Wildman–Crippen LogP) is 3.18. The fourth-order valence-electron chi connectivity index (χ4n) is 2.29. The molecule has 0 unspecified atom stereocenters. The highest BCUT2D eigenvalue weighted by Gasteiger charge is 2.18. The van der Waals surface area contributed by atoms with Crippen LogP contribution in [0.2, 0.25) is 0 Å². The Balaban J connectivity index is 2.11. The van der Waals surface area contributed by atoms with E-state index in [1.54, 1.807) is 44.2 Å². The summed E-state index contributed by atoms with van der Waals surface area (Å²) in [4.78, 5) is 11.5. The van der Waals surface area contributed by atoms with Gasteiger partial charge in [0, 0.05) is 11.5 Å². The van der Waals surface area contributed by atoms with Gasteiger partial charge in [-0.25, -0.2) is 4.79 Å². The van der Waals surface area contributed by atoms with Gasteiger partial charge in [-0.1, -0.05) is 18.2 Å². The lowest BCUT2D eigenvalue weighted by molar-refractivity contribution is 0.484. The Hall–Kier alpha value is -2.60. The topological polar surface area (TPSA) is 73.6 Å². The molecule has 3 rings (SSSR count). The molecule has 0 atom stereocenters. The number of benzene rings is 2.